The van der Waals surface area contributed by atoms with Gasteiger partial charge in [0.2, 0.25) is 0 Å². The molecule has 0 aliphatic heterocycles. The zero-order valence-corrected chi connectivity index (χ0v) is 9.96. The lowest BCUT2D eigenvalue weighted by molar-refractivity contribution is 0.151. The highest BCUT2D eigenvalue weighted by molar-refractivity contribution is 5.82. The number of aliphatic hydroxyl groups is 1. The first-order valence-electron chi connectivity index (χ1n) is 5.50. The van der Waals surface area contributed by atoms with E-state index < -0.39 is 6.10 Å². The Morgan fingerprint density at radius 3 is 2.88 bits per heavy atom. The van der Waals surface area contributed by atoms with Gasteiger partial charge in [0.1, 0.15) is 23.3 Å². The molecule has 1 unspecified atom stereocenters. The summed E-state index contributed by atoms with van der Waals surface area (Å²) < 4.78 is 18.7. The van der Waals surface area contributed by atoms with Gasteiger partial charge in [0.15, 0.2) is 0 Å². The Morgan fingerprint density at radius 1 is 1.53 bits per heavy atom. The van der Waals surface area contributed by atoms with Gasteiger partial charge in [0.25, 0.3) is 0 Å². The topological polar surface area (TPSA) is 33.4 Å². The van der Waals surface area contributed by atoms with E-state index in [1.54, 1.807) is 6.07 Å². The highest BCUT2D eigenvalue weighted by Gasteiger charge is 2.18. The number of furan rings is 1. The van der Waals surface area contributed by atoms with Crippen LogP contribution in [-0.2, 0) is 0 Å². The van der Waals surface area contributed by atoms with Crippen molar-refractivity contribution < 1.29 is 13.9 Å². The maximum Gasteiger partial charge on any atom is 0.137 e. The average Bonchev–Trinajstić information content (AvgIpc) is 2.55. The fraction of sp³-hybridized carbons (Fsp3) is 0.286. The van der Waals surface area contributed by atoms with Crippen LogP contribution in [0.15, 0.2) is 34.8 Å². The van der Waals surface area contributed by atoms with E-state index in [-0.39, 0.29) is 5.82 Å². The number of hydrogen-bond acceptors (Lipinski definition) is 2. The molecular weight excluding hydrogens is 219 g/mol. The summed E-state index contributed by atoms with van der Waals surface area (Å²) in [6.07, 6.45) is -0.272. The molecule has 90 valence electrons. The molecule has 0 aliphatic carbocycles. The molecule has 0 amide bonds. The van der Waals surface area contributed by atoms with Crippen molar-refractivity contribution >= 4 is 11.0 Å². The van der Waals surface area contributed by atoms with Crippen LogP contribution in [0.4, 0.5) is 4.39 Å². The Kier molecular flexibility index (Phi) is 3.03. The first kappa shape index (κ1) is 11.9. The van der Waals surface area contributed by atoms with Gasteiger partial charge < -0.3 is 9.52 Å². The number of aryl methyl sites for hydroxylation is 1. The summed E-state index contributed by atoms with van der Waals surface area (Å²) in [6.45, 7) is 7.43. The Morgan fingerprint density at radius 2 is 2.24 bits per heavy atom. The first-order valence-corrected chi connectivity index (χ1v) is 5.50. The minimum Gasteiger partial charge on any atom is -0.458 e. The normalized spacial score (nSPS) is 12.9. The molecule has 0 saturated carbocycles. The van der Waals surface area contributed by atoms with Crippen LogP contribution < -0.4 is 0 Å². The lowest BCUT2D eigenvalue weighted by Gasteiger charge is -2.07. The molecule has 2 nitrogen and oxygen atoms in total. The Balaban J connectivity index is 2.48. The van der Waals surface area contributed by atoms with Gasteiger partial charge >= 0.3 is 0 Å². The van der Waals surface area contributed by atoms with E-state index in [2.05, 4.69) is 6.58 Å². The molecule has 0 spiro atoms. The van der Waals surface area contributed by atoms with Gasteiger partial charge in [-0.3, -0.25) is 0 Å². The standard InChI is InChI=1S/C14H15FO2/c1-8(2)6-12(16)14-9(3)11-7-10(15)4-5-13(11)17-14/h4-5,7,12,16H,1,6H2,2-3H3. The van der Waals surface area contributed by atoms with Crippen molar-refractivity contribution in [1.29, 1.82) is 0 Å². The van der Waals surface area contributed by atoms with Gasteiger partial charge in [-0.05, 0) is 32.0 Å². The number of rotatable bonds is 3. The molecule has 1 N–H and O–H groups in total. The molecule has 3 heteroatoms. The number of hydrogen-bond donors (Lipinski definition) is 1. The molecule has 1 heterocycles. The molecule has 1 aromatic heterocycles. The van der Waals surface area contributed by atoms with Crippen molar-refractivity contribution in [3.05, 3.63) is 47.5 Å². The van der Waals surface area contributed by atoms with Crippen molar-refractivity contribution in [3.8, 4) is 0 Å². The summed E-state index contributed by atoms with van der Waals surface area (Å²) in [6, 6.07) is 4.35. The van der Waals surface area contributed by atoms with Gasteiger partial charge in [-0.1, -0.05) is 5.57 Å². The van der Waals surface area contributed by atoms with E-state index in [0.29, 0.717) is 23.2 Å². The van der Waals surface area contributed by atoms with E-state index in [9.17, 15) is 9.50 Å². The Labute approximate surface area is 99.4 Å². The van der Waals surface area contributed by atoms with Gasteiger partial charge in [0.05, 0.1) is 0 Å². The number of benzene rings is 1. The SMILES string of the molecule is C=C(C)CC(O)c1oc2ccc(F)cc2c1C. The summed E-state index contributed by atoms with van der Waals surface area (Å²) in [5.74, 6) is 0.191. The van der Waals surface area contributed by atoms with Gasteiger partial charge in [-0.2, -0.15) is 0 Å². The molecule has 0 radical (unpaired) electrons. The lowest BCUT2D eigenvalue weighted by atomic mass is 10.0. The van der Waals surface area contributed by atoms with Crippen LogP contribution in [0.25, 0.3) is 11.0 Å². The molecule has 0 saturated heterocycles. The molecule has 0 bridgehead atoms. The Hall–Kier alpha value is -1.61. The summed E-state index contributed by atoms with van der Waals surface area (Å²) in [4.78, 5) is 0. The zero-order valence-electron chi connectivity index (χ0n) is 9.96. The predicted octanol–water partition coefficient (Wildman–Crippen LogP) is 3.88. The molecule has 1 atom stereocenters. The fourth-order valence-corrected chi connectivity index (χ4v) is 1.95. The highest BCUT2D eigenvalue weighted by atomic mass is 19.1. The fourth-order valence-electron chi connectivity index (χ4n) is 1.95. The molecule has 1 aromatic carbocycles. The molecule has 17 heavy (non-hydrogen) atoms. The van der Waals surface area contributed by atoms with Gasteiger partial charge in [0, 0.05) is 17.4 Å². The van der Waals surface area contributed by atoms with Crippen molar-refractivity contribution in [1.82, 2.24) is 0 Å². The minimum absolute atomic E-state index is 0.303. The Bertz CT molecular complexity index is 569. The minimum atomic E-state index is -0.719. The number of aliphatic hydroxyl groups excluding tert-OH is 1. The van der Waals surface area contributed by atoms with E-state index >= 15 is 0 Å². The molecular formula is C14H15FO2. The van der Waals surface area contributed by atoms with Crippen LogP contribution in [0.5, 0.6) is 0 Å². The largest absolute Gasteiger partial charge is 0.458 e. The second kappa shape index (κ2) is 4.34. The average molecular weight is 234 g/mol. The predicted molar refractivity (Wildman–Crippen MR) is 65.3 cm³/mol. The third-order valence-corrected chi connectivity index (χ3v) is 2.78. The van der Waals surface area contributed by atoms with Crippen molar-refractivity contribution in [2.24, 2.45) is 0 Å². The van der Waals surface area contributed by atoms with E-state index in [1.165, 1.54) is 12.1 Å². The monoisotopic (exact) mass is 234 g/mol. The summed E-state index contributed by atoms with van der Waals surface area (Å²) in [5, 5.41) is 10.7. The summed E-state index contributed by atoms with van der Waals surface area (Å²) in [7, 11) is 0. The van der Waals surface area contributed by atoms with E-state index in [4.69, 9.17) is 4.42 Å². The second-order valence-electron chi connectivity index (χ2n) is 4.41. The first-order chi connectivity index (χ1) is 7.99. The van der Waals surface area contributed by atoms with Gasteiger partial charge in [-0.15, -0.1) is 6.58 Å². The lowest BCUT2D eigenvalue weighted by Crippen LogP contribution is -1.97. The quantitative estimate of drug-likeness (QED) is 0.817. The second-order valence-corrected chi connectivity index (χ2v) is 4.41. The van der Waals surface area contributed by atoms with Crippen LogP contribution in [-0.4, -0.2) is 5.11 Å². The van der Waals surface area contributed by atoms with Crippen molar-refractivity contribution in [3.63, 3.8) is 0 Å². The molecule has 2 rings (SSSR count). The summed E-state index contributed by atoms with van der Waals surface area (Å²) >= 11 is 0. The maximum absolute atomic E-state index is 13.1. The third-order valence-electron chi connectivity index (χ3n) is 2.78. The molecule has 0 aliphatic rings. The van der Waals surface area contributed by atoms with E-state index in [0.717, 1.165) is 11.1 Å². The van der Waals surface area contributed by atoms with E-state index in [1.807, 2.05) is 13.8 Å². The zero-order chi connectivity index (χ0) is 12.6. The molecule has 0 fully saturated rings. The van der Waals surface area contributed by atoms with Gasteiger partial charge in [-0.25, -0.2) is 4.39 Å². The van der Waals surface area contributed by atoms with Crippen molar-refractivity contribution in [2.75, 3.05) is 0 Å². The van der Waals surface area contributed by atoms with Crippen LogP contribution in [0.3, 0.4) is 0 Å². The maximum atomic E-state index is 13.1. The smallest absolute Gasteiger partial charge is 0.137 e. The van der Waals surface area contributed by atoms with Crippen molar-refractivity contribution in [2.45, 2.75) is 26.4 Å². The number of fused-ring (bicyclic) bond motifs is 1. The van der Waals surface area contributed by atoms with Crippen LogP contribution in [0.2, 0.25) is 0 Å². The summed E-state index contributed by atoms with van der Waals surface area (Å²) in [5.41, 5.74) is 2.26. The third kappa shape index (κ3) is 2.24. The van der Waals surface area contributed by atoms with Crippen LogP contribution in [0, 0.1) is 12.7 Å². The van der Waals surface area contributed by atoms with Crippen LogP contribution >= 0.6 is 0 Å². The highest BCUT2D eigenvalue weighted by Crippen LogP contribution is 2.32. The molecule has 2 aromatic rings. The van der Waals surface area contributed by atoms with Crippen LogP contribution in [0.1, 0.15) is 30.8 Å². The number of halogens is 1.